The number of nitrogens with zero attached hydrogens (tertiary/aromatic N) is 2. The molecule has 0 aliphatic heterocycles. The van der Waals surface area contributed by atoms with E-state index in [0.717, 1.165) is 11.8 Å². The fourth-order valence-electron chi connectivity index (χ4n) is 1.41. The van der Waals surface area contributed by atoms with Gasteiger partial charge in [0.2, 0.25) is 11.6 Å². The Bertz CT molecular complexity index is 659. The summed E-state index contributed by atoms with van der Waals surface area (Å²) in [5, 5.41) is 0. The van der Waals surface area contributed by atoms with Gasteiger partial charge in [0.25, 0.3) is 5.56 Å². The van der Waals surface area contributed by atoms with Gasteiger partial charge in [-0.25, -0.2) is 4.98 Å². The van der Waals surface area contributed by atoms with Gasteiger partial charge in [-0.15, -0.1) is 0 Å². The zero-order valence-corrected chi connectivity index (χ0v) is 9.64. The van der Waals surface area contributed by atoms with Crippen LogP contribution in [0.25, 0.3) is 5.78 Å². The first-order chi connectivity index (χ1) is 7.49. The summed E-state index contributed by atoms with van der Waals surface area (Å²) in [5.74, 6) is -0.390. The molecule has 0 aliphatic rings. The van der Waals surface area contributed by atoms with E-state index in [9.17, 15) is 9.18 Å². The number of aromatic nitrogens is 3. The molecule has 4 nitrogen and oxygen atoms in total. The summed E-state index contributed by atoms with van der Waals surface area (Å²) < 4.78 is 14.9. The number of fused-ring (bicyclic) bond motifs is 1. The molecule has 84 valence electrons. The van der Waals surface area contributed by atoms with Gasteiger partial charge in [0, 0.05) is 11.8 Å². The van der Waals surface area contributed by atoms with Gasteiger partial charge in [0.05, 0.1) is 6.20 Å². The zero-order valence-electron chi connectivity index (χ0n) is 8.82. The van der Waals surface area contributed by atoms with Crippen LogP contribution in [-0.4, -0.2) is 14.4 Å². The lowest BCUT2D eigenvalue weighted by atomic mass is 10.1. The SMILES string of the molecule is CC(C)c1cn2cc(F)c(=O)[nH]c2nc1=S. The molecule has 0 saturated carbocycles. The van der Waals surface area contributed by atoms with Crippen molar-refractivity contribution in [2.45, 2.75) is 19.8 Å². The van der Waals surface area contributed by atoms with E-state index < -0.39 is 11.4 Å². The van der Waals surface area contributed by atoms with Crippen LogP contribution in [0, 0.1) is 10.5 Å². The van der Waals surface area contributed by atoms with Crippen molar-refractivity contribution in [2.24, 2.45) is 0 Å². The molecule has 0 radical (unpaired) electrons. The number of hydrogen-bond acceptors (Lipinski definition) is 3. The summed E-state index contributed by atoms with van der Waals surface area (Å²) in [6.45, 7) is 3.95. The van der Waals surface area contributed by atoms with Crippen molar-refractivity contribution >= 4 is 18.0 Å². The highest BCUT2D eigenvalue weighted by molar-refractivity contribution is 7.71. The Labute approximate surface area is 95.8 Å². The van der Waals surface area contributed by atoms with Crippen LogP contribution in [0.3, 0.4) is 0 Å². The van der Waals surface area contributed by atoms with Gasteiger partial charge in [-0.05, 0) is 5.92 Å². The van der Waals surface area contributed by atoms with Crippen molar-refractivity contribution < 1.29 is 4.39 Å². The Morgan fingerprint density at radius 3 is 2.81 bits per heavy atom. The standard InChI is InChI=1S/C10H10FN3OS/c1-5(2)6-3-14-4-7(11)8(15)12-10(14)13-9(6)16/h3-5H,1-2H3,(H,12,13,15,16). The molecule has 0 unspecified atom stereocenters. The third-order valence-electron chi connectivity index (χ3n) is 2.29. The van der Waals surface area contributed by atoms with Gasteiger partial charge in [0.15, 0.2) is 0 Å². The van der Waals surface area contributed by atoms with Crippen LogP contribution in [0.1, 0.15) is 25.3 Å². The van der Waals surface area contributed by atoms with E-state index in [1.807, 2.05) is 13.8 Å². The molecule has 2 aromatic heterocycles. The lowest BCUT2D eigenvalue weighted by Crippen LogP contribution is -2.15. The van der Waals surface area contributed by atoms with E-state index >= 15 is 0 Å². The molecule has 1 N–H and O–H groups in total. The molecule has 0 spiro atoms. The van der Waals surface area contributed by atoms with Gasteiger partial charge in [0.1, 0.15) is 4.64 Å². The van der Waals surface area contributed by atoms with E-state index in [1.54, 1.807) is 6.20 Å². The number of nitrogens with one attached hydrogen (secondary N) is 1. The van der Waals surface area contributed by atoms with Crippen LogP contribution < -0.4 is 5.56 Å². The van der Waals surface area contributed by atoms with Crippen LogP contribution in [0.15, 0.2) is 17.2 Å². The van der Waals surface area contributed by atoms with Crippen LogP contribution in [-0.2, 0) is 0 Å². The van der Waals surface area contributed by atoms with Gasteiger partial charge < -0.3 is 0 Å². The number of hydrogen-bond donors (Lipinski definition) is 1. The quantitative estimate of drug-likeness (QED) is 0.774. The summed E-state index contributed by atoms with van der Waals surface area (Å²) in [5.41, 5.74) is 0.0538. The number of aromatic amines is 1. The maximum atomic E-state index is 13.1. The van der Waals surface area contributed by atoms with E-state index in [4.69, 9.17) is 12.2 Å². The van der Waals surface area contributed by atoms with Gasteiger partial charge in [-0.1, -0.05) is 26.1 Å². The van der Waals surface area contributed by atoms with Crippen LogP contribution in [0.2, 0.25) is 0 Å². The molecule has 0 aromatic carbocycles. The highest BCUT2D eigenvalue weighted by Gasteiger charge is 2.07. The molecular weight excluding hydrogens is 229 g/mol. The van der Waals surface area contributed by atoms with E-state index in [-0.39, 0.29) is 11.7 Å². The maximum Gasteiger partial charge on any atom is 0.288 e. The second kappa shape index (κ2) is 3.79. The predicted molar refractivity (Wildman–Crippen MR) is 60.7 cm³/mol. The molecule has 0 atom stereocenters. The molecule has 0 aliphatic carbocycles. The predicted octanol–water partition coefficient (Wildman–Crippen LogP) is 2.01. The van der Waals surface area contributed by atoms with Crippen molar-refractivity contribution in [3.8, 4) is 0 Å². The Balaban J connectivity index is 2.85. The Morgan fingerprint density at radius 1 is 1.50 bits per heavy atom. The van der Waals surface area contributed by atoms with Crippen molar-refractivity contribution in [1.29, 1.82) is 0 Å². The molecule has 0 amide bonds. The maximum absolute atomic E-state index is 13.1. The second-order valence-corrected chi connectivity index (χ2v) is 4.20. The zero-order chi connectivity index (χ0) is 11.9. The molecular formula is C10H10FN3OS. The van der Waals surface area contributed by atoms with Crippen LogP contribution in [0.4, 0.5) is 4.39 Å². The highest BCUT2D eigenvalue weighted by Crippen LogP contribution is 2.14. The summed E-state index contributed by atoms with van der Waals surface area (Å²) in [4.78, 5) is 17.4. The Morgan fingerprint density at radius 2 is 2.19 bits per heavy atom. The van der Waals surface area contributed by atoms with Crippen LogP contribution in [0.5, 0.6) is 0 Å². The molecule has 6 heteroatoms. The lowest BCUT2D eigenvalue weighted by Gasteiger charge is -2.07. The Kier molecular flexibility index (Phi) is 2.59. The van der Waals surface area contributed by atoms with Gasteiger partial charge in [-0.3, -0.25) is 14.2 Å². The van der Waals surface area contributed by atoms with Gasteiger partial charge in [-0.2, -0.15) is 4.39 Å². The first-order valence-corrected chi connectivity index (χ1v) is 5.21. The van der Waals surface area contributed by atoms with Gasteiger partial charge >= 0.3 is 0 Å². The summed E-state index contributed by atoms with van der Waals surface area (Å²) >= 11 is 5.09. The third-order valence-corrected chi connectivity index (χ3v) is 2.62. The first kappa shape index (κ1) is 10.9. The first-order valence-electron chi connectivity index (χ1n) is 4.81. The molecule has 2 rings (SSSR count). The molecule has 2 aromatic rings. The van der Waals surface area contributed by atoms with Crippen molar-refractivity contribution in [3.05, 3.63) is 38.8 Å². The number of H-pyrrole nitrogens is 1. The van der Waals surface area contributed by atoms with E-state index in [1.165, 1.54) is 4.40 Å². The van der Waals surface area contributed by atoms with Crippen molar-refractivity contribution in [1.82, 2.24) is 14.4 Å². The molecule has 0 bridgehead atoms. The van der Waals surface area contributed by atoms with Crippen molar-refractivity contribution in [2.75, 3.05) is 0 Å². The van der Waals surface area contributed by atoms with E-state index in [0.29, 0.717) is 4.64 Å². The average molecular weight is 239 g/mol. The Hall–Kier alpha value is -1.56. The summed E-state index contributed by atoms with van der Waals surface area (Å²) in [7, 11) is 0. The fourth-order valence-corrected chi connectivity index (χ4v) is 1.79. The number of halogens is 1. The van der Waals surface area contributed by atoms with Crippen molar-refractivity contribution in [3.63, 3.8) is 0 Å². The smallest absolute Gasteiger partial charge is 0.288 e. The normalized spacial score (nSPS) is 11.2. The lowest BCUT2D eigenvalue weighted by molar-refractivity contribution is 0.597. The minimum Gasteiger partial charge on any atom is -0.291 e. The number of rotatable bonds is 1. The topological polar surface area (TPSA) is 50.2 Å². The summed E-state index contributed by atoms with van der Waals surface area (Å²) in [6.07, 6.45) is 2.79. The molecule has 0 fully saturated rings. The monoisotopic (exact) mass is 239 g/mol. The largest absolute Gasteiger partial charge is 0.291 e. The third kappa shape index (κ3) is 1.76. The second-order valence-electron chi connectivity index (χ2n) is 3.82. The minimum absolute atomic E-state index is 0.201. The summed E-state index contributed by atoms with van der Waals surface area (Å²) in [6, 6.07) is 0. The average Bonchev–Trinajstić information content (AvgIpc) is 2.19. The van der Waals surface area contributed by atoms with Crippen LogP contribution >= 0.6 is 12.2 Å². The van der Waals surface area contributed by atoms with E-state index in [2.05, 4.69) is 9.97 Å². The minimum atomic E-state index is -0.842. The fraction of sp³-hybridized carbons (Fsp3) is 0.300. The highest BCUT2D eigenvalue weighted by atomic mass is 32.1. The molecule has 2 heterocycles. The molecule has 16 heavy (non-hydrogen) atoms. The molecule has 0 saturated heterocycles.